The number of hydrogen-bond donors (Lipinski definition) is 1. The van der Waals surface area contributed by atoms with Gasteiger partial charge in [0.05, 0.1) is 6.04 Å². The van der Waals surface area contributed by atoms with Crippen molar-refractivity contribution in [2.45, 2.75) is 58.2 Å². The Hall–Kier alpha value is -1.10. The number of esters is 1. The molecule has 0 aromatic rings. The largest absolute Gasteiger partial charge is 0.459 e. The highest BCUT2D eigenvalue weighted by molar-refractivity contribution is 5.83. The van der Waals surface area contributed by atoms with Gasteiger partial charge in [-0.2, -0.15) is 0 Å². The molecule has 5 nitrogen and oxygen atoms in total. The third-order valence-electron chi connectivity index (χ3n) is 3.09. The zero-order valence-corrected chi connectivity index (χ0v) is 11.9. The van der Waals surface area contributed by atoms with Crippen molar-refractivity contribution < 1.29 is 14.3 Å². The zero-order chi connectivity index (χ0) is 13.9. The summed E-state index contributed by atoms with van der Waals surface area (Å²) in [5.74, 6) is -0.291. The summed E-state index contributed by atoms with van der Waals surface area (Å²) >= 11 is 0. The Morgan fingerprint density at radius 1 is 1.39 bits per heavy atom. The topological polar surface area (TPSA) is 58.6 Å². The van der Waals surface area contributed by atoms with Crippen LogP contribution in [0.3, 0.4) is 0 Å². The van der Waals surface area contributed by atoms with Gasteiger partial charge in [0.25, 0.3) is 0 Å². The molecule has 0 radical (unpaired) electrons. The Bertz CT molecular complexity index is 323. The molecule has 1 fully saturated rings. The summed E-state index contributed by atoms with van der Waals surface area (Å²) in [4.78, 5) is 25.7. The van der Waals surface area contributed by atoms with E-state index in [1.165, 1.54) is 0 Å². The van der Waals surface area contributed by atoms with Gasteiger partial charge in [0.2, 0.25) is 5.91 Å². The molecular formula is C13H24N2O3. The standard InChI is InChI=1S/C13H24N2O3/c1-9(12(17)18-13(2,3)4)15-8-6-7-10(15)11(16)14-5/h9-10H,6-8H2,1-5H3,(H,14,16). The molecule has 1 N–H and O–H groups in total. The van der Waals surface area contributed by atoms with Gasteiger partial charge in [-0.25, -0.2) is 0 Å². The van der Waals surface area contributed by atoms with Crippen LogP contribution in [0.5, 0.6) is 0 Å². The van der Waals surface area contributed by atoms with Crippen molar-refractivity contribution in [3.63, 3.8) is 0 Å². The Kier molecular flexibility index (Phi) is 4.73. The molecule has 5 heteroatoms. The van der Waals surface area contributed by atoms with E-state index in [1.54, 1.807) is 14.0 Å². The Balaban J connectivity index is 2.68. The molecule has 0 aromatic heterocycles. The number of rotatable bonds is 3. The second-order valence-corrected chi connectivity index (χ2v) is 5.72. The predicted octanol–water partition coefficient (Wildman–Crippen LogP) is 0.927. The van der Waals surface area contributed by atoms with Gasteiger partial charge in [-0.15, -0.1) is 0 Å². The molecule has 1 heterocycles. The normalized spacial score (nSPS) is 22.6. The van der Waals surface area contributed by atoms with Crippen LogP contribution < -0.4 is 5.32 Å². The Morgan fingerprint density at radius 2 is 2.00 bits per heavy atom. The van der Waals surface area contributed by atoms with Crippen LogP contribution >= 0.6 is 0 Å². The van der Waals surface area contributed by atoms with Crippen molar-refractivity contribution >= 4 is 11.9 Å². The average molecular weight is 256 g/mol. The Morgan fingerprint density at radius 3 is 2.50 bits per heavy atom. The summed E-state index contributed by atoms with van der Waals surface area (Å²) in [6, 6.07) is -0.591. The van der Waals surface area contributed by atoms with Gasteiger partial charge in [-0.3, -0.25) is 14.5 Å². The zero-order valence-electron chi connectivity index (χ0n) is 11.9. The van der Waals surface area contributed by atoms with E-state index in [0.717, 1.165) is 19.4 Å². The maximum Gasteiger partial charge on any atom is 0.323 e. The smallest absolute Gasteiger partial charge is 0.323 e. The van der Waals surface area contributed by atoms with Crippen molar-refractivity contribution in [2.75, 3.05) is 13.6 Å². The number of likely N-dealkylation sites (tertiary alicyclic amines) is 1. The molecule has 2 unspecified atom stereocenters. The molecule has 1 aliphatic rings. The molecule has 18 heavy (non-hydrogen) atoms. The van der Waals surface area contributed by atoms with Gasteiger partial charge in [0.1, 0.15) is 11.6 Å². The Labute approximate surface area is 109 Å². The minimum atomic E-state index is -0.492. The maximum absolute atomic E-state index is 12.0. The molecule has 104 valence electrons. The summed E-state index contributed by atoms with van der Waals surface area (Å²) in [6.07, 6.45) is 1.73. The summed E-state index contributed by atoms with van der Waals surface area (Å²) < 4.78 is 5.36. The average Bonchev–Trinajstić information content (AvgIpc) is 2.73. The van der Waals surface area contributed by atoms with E-state index in [0.29, 0.717) is 0 Å². The van der Waals surface area contributed by atoms with Gasteiger partial charge in [0.15, 0.2) is 0 Å². The number of ether oxygens (including phenoxy) is 1. The highest BCUT2D eigenvalue weighted by Gasteiger charge is 2.37. The first-order chi connectivity index (χ1) is 8.26. The molecule has 1 aliphatic heterocycles. The van der Waals surface area contributed by atoms with Crippen LogP contribution in [0.1, 0.15) is 40.5 Å². The summed E-state index contributed by atoms with van der Waals surface area (Å²) in [6.45, 7) is 8.10. The first kappa shape index (κ1) is 15.0. The minimum Gasteiger partial charge on any atom is -0.459 e. The monoisotopic (exact) mass is 256 g/mol. The second kappa shape index (κ2) is 5.69. The van der Waals surface area contributed by atoms with E-state index in [4.69, 9.17) is 4.74 Å². The molecule has 1 rings (SSSR count). The lowest BCUT2D eigenvalue weighted by molar-refractivity contribution is -0.161. The second-order valence-electron chi connectivity index (χ2n) is 5.72. The quantitative estimate of drug-likeness (QED) is 0.763. The summed E-state index contributed by atoms with van der Waals surface area (Å²) in [7, 11) is 1.62. The molecule has 2 atom stereocenters. The first-order valence-corrected chi connectivity index (χ1v) is 6.46. The molecule has 0 aromatic carbocycles. The van der Waals surface area contributed by atoms with Crippen molar-refractivity contribution in [1.29, 1.82) is 0 Å². The summed E-state index contributed by atoms with van der Waals surface area (Å²) in [5.41, 5.74) is -0.492. The lowest BCUT2D eigenvalue weighted by Gasteiger charge is -2.30. The van der Waals surface area contributed by atoms with Crippen molar-refractivity contribution in [3.8, 4) is 0 Å². The number of likely N-dealkylation sites (N-methyl/N-ethyl adjacent to an activating group) is 1. The fourth-order valence-electron chi connectivity index (χ4n) is 2.22. The van der Waals surface area contributed by atoms with E-state index < -0.39 is 5.60 Å². The molecule has 1 saturated heterocycles. The molecule has 0 bridgehead atoms. The van der Waals surface area contributed by atoms with E-state index in [1.807, 2.05) is 25.7 Å². The third kappa shape index (κ3) is 3.70. The molecule has 1 amide bonds. The van der Waals surface area contributed by atoms with Crippen LogP contribution in [0.25, 0.3) is 0 Å². The van der Waals surface area contributed by atoms with Crippen LogP contribution in [0, 0.1) is 0 Å². The highest BCUT2D eigenvalue weighted by Crippen LogP contribution is 2.22. The fourth-order valence-corrected chi connectivity index (χ4v) is 2.22. The van der Waals surface area contributed by atoms with E-state index in [2.05, 4.69) is 5.32 Å². The number of nitrogens with zero attached hydrogens (tertiary/aromatic N) is 1. The van der Waals surface area contributed by atoms with Gasteiger partial charge in [-0.05, 0) is 47.1 Å². The molecule has 0 saturated carbocycles. The lowest BCUT2D eigenvalue weighted by atomic mass is 10.1. The predicted molar refractivity (Wildman–Crippen MR) is 69.1 cm³/mol. The van der Waals surface area contributed by atoms with E-state index >= 15 is 0 Å². The molecule has 0 aliphatic carbocycles. The SMILES string of the molecule is CNC(=O)C1CCCN1C(C)C(=O)OC(C)(C)C. The van der Waals surface area contributed by atoms with E-state index in [-0.39, 0.29) is 24.0 Å². The number of carbonyl (C=O) groups is 2. The fraction of sp³-hybridized carbons (Fsp3) is 0.846. The van der Waals surface area contributed by atoms with Gasteiger partial charge in [-0.1, -0.05) is 0 Å². The van der Waals surface area contributed by atoms with E-state index in [9.17, 15) is 9.59 Å². The van der Waals surface area contributed by atoms with Crippen molar-refractivity contribution in [2.24, 2.45) is 0 Å². The van der Waals surface area contributed by atoms with Gasteiger partial charge in [0, 0.05) is 7.05 Å². The minimum absolute atomic E-state index is 0.0251. The number of amides is 1. The van der Waals surface area contributed by atoms with Gasteiger partial charge >= 0.3 is 5.97 Å². The van der Waals surface area contributed by atoms with Crippen molar-refractivity contribution in [3.05, 3.63) is 0 Å². The van der Waals surface area contributed by atoms with Crippen LogP contribution in [0.4, 0.5) is 0 Å². The lowest BCUT2D eigenvalue weighted by Crippen LogP contribution is -2.50. The van der Waals surface area contributed by atoms with Crippen LogP contribution in [0.15, 0.2) is 0 Å². The number of carbonyl (C=O) groups excluding carboxylic acids is 2. The van der Waals surface area contributed by atoms with Crippen LogP contribution in [-0.4, -0.2) is 48.1 Å². The maximum atomic E-state index is 12.0. The molecular weight excluding hydrogens is 232 g/mol. The third-order valence-corrected chi connectivity index (χ3v) is 3.09. The number of nitrogens with one attached hydrogen (secondary N) is 1. The number of hydrogen-bond acceptors (Lipinski definition) is 4. The summed E-state index contributed by atoms with van der Waals surface area (Å²) in [5, 5.41) is 2.65. The van der Waals surface area contributed by atoms with Crippen LogP contribution in [-0.2, 0) is 14.3 Å². The van der Waals surface area contributed by atoms with Gasteiger partial charge < -0.3 is 10.1 Å². The first-order valence-electron chi connectivity index (χ1n) is 6.46. The van der Waals surface area contributed by atoms with Crippen molar-refractivity contribution in [1.82, 2.24) is 10.2 Å². The highest BCUT2D eigenvalue weighted by atomic mass is 16.6. The van der Waals surface area contributed by atoms with Crippen LogP contribution in [0.2, 0.25) is 0 Å². The molecule has 0 spiro atoms.